The Kier molecular flexibility index (Phi) is 5.27. The van der Waals surface area contributed by atoms with Crippen LogP contribution in [-0.4, -0.2) is 43.6 Å². The number of benzene rings is 1. The second kappa shape index (κ2) is 7.61. The molecular weight excluding hydrogens is 351 g/mol. The lowest BCUT2D eigenvalue weighted by molar-refractivity contribution is -0.274. The predicted octanol–water partition coefficient (Wildman–Crippen LogP) is 3.07. The number of ether oxygens (including phenoxy) is 2. The molecule has 0 spiro atoms. The van der Waals surface area contributed by atoms with Gasteiger partial charge in [-0.2, -0.15) is 0 Å². The Morgan fingerprint density at radius 3 is 2.69 bits per heavy atom. The molecule has 2 aromatic rings. The van der Waals surface area contributed by atoms with Crippen molar-refractivity contribution in [2.24, 2.45) is 0 Å². The van der Waals surface area contributed by atoms with Crippen molar-refractivity contribution in [3.05, 3.63) is 48.2 Å². The SMILES string of the molecule is O=C(Nc1cccc(OC(F)(F)F)c1)c1cccnc1N1CCOCC1. The highest BCUT2D eigenvalue weighted by Crippen LogP contribution is 2.26. The van der Waals surface area contributed by atoms with Gasteiger partial charge in [0.1, 0.15) is 11.6 Å². The number of halogens is 3. The Hall–Kier alpha value is -2.81. The molecule has 0 atom stereocenters. The maximum absolute atomic E-state index is 12.6. The molecule has 9 heteroatoms. The first-order chi connectivity index (χ1) is 12.4. The van der Waals surface area contributed by atoms with Crippen LogP contribution in [0.5, 0.6) is 5.75 Å². The molecule has 138 valence electrons. The molecule has 0 unspecified atom stereocenters. The summed E-state index contributed by atoms with van der Waals surface area (Å²) in [6, 6.07) is 8.35. The number of alkyl halides is 3. The van der Waals surface area contributed by atoms with Gasteiger partial charge in [-0.15, -0.1) is 13.2 Å². The molecule has 1 amide bonds. The van der Waals surface area contributed by atoms with Gasteiger partial charge in [0.25, 0.3) is 5.91 Å². The minimum Gasteiger partial charge on any atom is -0.406 e. The summed E-state index contributed by atoms with van der Waals surface area (Å²) in [5.74, 6) is -0.366. The van der Waals surface area contributed by atoms with Crippen LogP contribution in [0.2, 0.25) is 0 Å². The Balaban J connectivity index is 1.77. The fourth-order valence-electron chi connectivity index (χ4n) is 2.57. The summed E-state index contributed by atoms with van der Waals surface area (Å²) in [4.78, 5) is 18.8. The number of aromatic nitrogens is 1. The zero-order chi connectivity index (χ0) is 18.6. The van der Waals surface area contributed by atoms with E-state index in [0.717, 1.165) is 12.1 Å². The zero-order valence-corrected chi connectivity index (χ0v) is 13.6. The number of morpholine rings is 1. The van der Waals surface area contributed by atoms with E-state index in [-0.39, 0.29) is 5.69 Å². The van der Waals surface area contributed by atoms with Gasteiger partial charge >= 0.3 is 6.36 Å². The second-order valence-corrected chi connectivity index (χ2v) is 5.50. The van der Waals surface area contributed by atoms with E-state index in [1.165, 1.54) is 12.1 Å². The molecular formula is C17H16F3N3O3. The lowest BCUT2D eigenvalue weighted by atomic mass is 10.2. The van der Waals surface area contributed by atoms with Gasteiger partial charge in [-0.25, -0.2) is 4.98 Å². The highest BCUT2D eigenvalue weighted by atomic mass is 19.4. The van der Waals surface area contributed by atoms with Gasteiger partial charge in [-0.1, -0.05) is 6.07 Å². The van der Waals surface area contributed by atoms with E-state index in [2.05, 4.69) is 15.0 Å². The summed E-state index contributed by atoms with van der Waals surface area (Å²) in [5.41, 5.74) is 0.519. The molecule has 1 aromatic heterocycles. The third-order valence-corrected chi connectivity index (χ3v) is 3.67. The summed E-state index contributed by atoms with van der Waals surface area (Å²) in [7, 11) is 0. The Labute approximate surface area is 147 Å². The largest absolute Gasteiger partial charge is 0.573 e. The minimum atomic E-state index is -4.80. The molecule has 26 heavy (non-hydrogen) atoms. The zero-order valence-electron chi connectivity index (χ0n) is 13.6. The quantitative estimate of drug-likeness (QED) is 0.900. The van der Waals surface area contributed by atoms with Crippen LogP contribution in [0.3, 0.4) is 0 Å². The van der Waals surface area contributed by atoms with Crippen molar-refractivity contribution in [2.75, 3.05) is 36.5 Å². The Morgan fingerprint density at radius 1 is 1.19 bits per heavy atom. The average molecular weight is 367 g/mol. The smallest absolute Gasteiger partial charge is 0.406 e. The molecule has 0 aliphatic carbocycles. The van der Waals surface area contributed by atoms with Gasteiger partial charge in [0, 0.05) is 31.0 Å². The van der Waals surface area contributed by atoms with E-state index >= 15 is 0 Å². The fourth-order valence-corrected chi connectivity index (χ4v) is 2.57. The summed E-state index contributed by atoms with van der Waals surface area (Å²) in [5, 5.41) is 2.58. The first-order valence-electron chi connectivity index (χ1n) is 7.87. The molecule has 0 bridgehead atoms. The molecule has 1 saturated heterocycles. The van der Waals surface area contributed by atoms with Crippen molar-refractivity contribution in [1.29, 1.82) is 0 Å². The average Bonchev–Trinajstić information content (AvgIpc) is 2.61. The van der Waals surface area contributed by atoms with E-state index in [0.29, 0.717) is 37.7 Å². The lowest BCUT2D eigenvalue weighted by Gasteiger charge is -2.29. The molecule has 1 aliphatic rings. The number of rotatable bonds is 4. The van der Waals surface area contributed by atoms with E-state index in [1.807, 2.05) is 4.90 Å². The predicted molar refractivity (Wildman–Crippen MR) is 88.3 cm³/mol. The van der Waals surface area contributed by atoms with Crippen molar-refractivity contribution >= 4 is 17.4 Å². The van der Waals surface area contributed by atoms with Gasteiger partial charge in [0.2, 0.25) is 0 Å². The Bertz CT molecular complexity index is 777. The van der Waals surface area contributed by atoms with Crippen LogP contribution in [0, 0.1) is 0 Å². The lowest BCUT2D eigenvalue weighted by Crippen LogP contribution is -2.38. The molecule has 0 radical (unpaired) electrons. The second-order valence-electron chi connectivity index (χ2n) is 5.50. The first-order valence-corrected chi connectivity index (χ1v) is 7.87. The standard InChI is InChI=1S/C17H16F3N3O3/c18-17(19,20)26-13-4-1-3-12(11-13)22-16(24)14-5-2-6-21-15(14)23-7-9-25-10-8-23/h1-6,11H,7-10H2,(H,22,24). The number of carbonyl (C=O) groups is 1. The molecule has 3 rings (SSSR count). The highest BCUT2D eigenvalue weighted by Gasteiger charge is 2.31. The summed E-state index contributed by atoms with van der Waals surface area (Å²) < 4.78 is 46.1. The maximum atomic E-state index is 12.6. The summed E-state index contributed by atoms with van der Waals surface area (Å²) in [6.45, 7) is 2.28. The third-order valence-electron chi connectivity index (χ3n) is 3.67. The van der Waals surface area contributed by atoms with Gasteiger partial charge in [-0.3, -0.25) is 4.79 Å². The fraction of sp³-hybridized carbons (Fsp3) is 0.294. The van der Waals surface area contributed by atoms with Crippen molar-refractivity contribution in [3.63, 3.8) is 0 Å². The van der Waals surface area contributed by atoms with Crippen LogP contribution in [0.4, 0.5) is 24.7 Å². The molecule has 6 nitrogen and oxygen atoms in total. The Morgan fingerprint density at radius 2 is 1.96 bits per heavy atom. The third kappa shape index (κ3) is 4.63. The number of hydrogen-bond donors (Lipinski definition) is 1. The van der Waals surface area contributed by atoms with Crippen molar-refractivity contribution < 1.29 is 27.4 Å². The number of carbonyl (C=O) groups excluding carboxylic acids is 1. The van der Waals surface area contributed by atoms with Crippen molar-refractivity contribution in [3.8, 4) is 5.75 Å². The topological polar surface area (TPSA) is 63.7 Å². The van der Waals surface area contributed by atoms with E-state index in [1.54, 1.807) is 18.3 Å². The number of nitrogens with one attached hydrogen (secondary N) is 1. The van der Waals surface area contributed by atoms with E-state index in [9.17, 15) is 18.0 Å². The van der Waals surface area contributed by atoms with Crippen LogP contribution in [-0.2, 0) is 4.74 Å². The molecule has 1 fully saturated rings. The monoisotopic (exact) mass is 367 g/mol. The molecule has 2 heterocycles. The van der Waals surface area contributed by atoms with E-state index in [4.69, 9.17) is 4.74 Å². The van der Waals surface area contributed by atoms with Crippen molar-refractivity contribution in [1.82, 2.24) is 4.98 Å². The number of nitrogens with zero attached hydrogens (tertiary/aromatic N) is 2. The number of pyridine rings is 1. The van der Waals surface area contributed by atoms with Gasteiger partial charge in [-0.05, 0) is 24.3 Å². The number of anilines is 2. The van der Waals surface area contributed by atoms with Gasteiger partial charge in [0.05, 0.1) is 18.8 Å². The maximum Gasteiger partial charge on any atom is 0.573 e. The number of amides is 1. The molecule has 0 saturated carbocycles. The van der Waals surface area contributed by atoms with E-state index < -0.39 is 18.0 Å². The first kappa shape index (κ1) is 18.0. The van der Waals surface area contributed by atoms with Gasteiger partial charge < -0.3 is 19.7 Å². The molecule has 1 N–H and O–H groups in total. The van der Waals surface area contributed by atoms with Crippen LogP contribution in [0.1, 0.15) is 10.4 Å². The highest BCUT2D eigenvalue weighted by molar-refractivity contribution is 6.07. The minimum absolute atomic E-state index is 0.188. The van der Waals surface area contributed by atoms with Crippen molar-refractivity contribution in [2.45, 2.75) is 6.36 Å². The van der Waals surface area contributed by atoms with Crippen LogP contribution in [0.25, 0.3) is 0 Å². The van der Waals surface area contributed by atoms with Crippen LogP contribution < -0.4 is 15.0 Å². The molecule has 1 aromatic carbocycles. The van der Waals surface area contributed by atoms with Crippen LogP contribution in [0.15, 0.2) is 42.6 Å². The normalized spacial score (nSPS) is 14.8. The summed E-state index contributed by atoms with van der Waals surface area (Å²) in [6.07, 6.45) is -3.21. The summed E-state index contributed by atoms with van der Waals surface area (Å²) >= 11 is 0. The van der Waals surface area contributed by atoms with Gasteiger partial charge in [0.15, 0.2) is 0 Å². The van der Waals surface area contributed by atoms with Crippen LogP contribution >= 0.6 is 0 Å². The number of hydrogen-bond acceptors (Lipinski definition) is 5. The molecule has 1 aliphatic heterocycles.